The predicted octanol–water partition coefficient (Wildman–Crippen LogP) is 0.342. The molecule has 6 heteroatoms. The zero-order chi connectivity index (χ0) is 13.9. The number of hydrogen-bond donors (Lipinski definition) is 1. The van der Waals surface area contributed by atoms with E-state index >= 15 is 0 Å². The topological polar surface area (TPSA) is 52.6 Å². The van der Waals surface area contributed by atoms with Gasteiger partial charge < -0.3 is 10.2 Å². The molecule has 3 rings (SSSR count). The maximum atomic E-state index is 11.5. The molecule has 112 valence electrons. The second kappa shape index (κ2) is 6.52. The zero-order valence-corrected chi connectivity index (χ0v) is 13.0. The fraction of sp³-hybridized carbons (Fsp3) is 1.00. The minimum absolute atomic E-state index is 0.568. The molecule has 5 nitrogen and oxygen atoms in total. The molecule has 1 unspecified atom stereocenters. The minimum atomic E-state index is -3.03. The molecule has 3 heterocycles. The summed E-state index contributed by atoms with van der Waals surface area (Å²) in [6, 6.07) is 0.621. The van der Waals surface area contributed by atoms with Crippen LogP contribution in [0.1, 0.15) is 26.2 Å². The minimum Gasteiger partial charge on any atom is -0.312 e. The van der Waals surface area contributed by atoms with Crippen molar-refractivity contribution in [3.63, 3.8) is 0 Å². The Morgan fingerprint density at radius 2 is 2.00 bits per heavy atom. The summed E-state index contributed by atoms with van der Waals surface area (Å²) in [5.74, 6) is 0.835. The largest absolute Gasteiger partial charge is 0.312 e. The van der Waals surface area contributed by atoms with E-state index in [0.717, 1.165) is 18.9 Å². The lowest BCUT2D eigenvalue weighted by Gasteiger charge is -2.45. The van der Waals surface area contributed by atoms with Gasteiger partial charge in [0.1, 0.15) is 0 Å². The second-order valence-corrected chi connectivity index (χ2v) is 7.79. The van der Waals surface area contributed by atoms with Crippen LogP contribution in [-0.4, -0.2) is 69.2 Å². The second-order valence-electron chi connectivity index (χ2n) is 5.81. The van der Waals surface area contributed by atoms with E-state index in [0.29, 0.717) is 19.1 Å². The third kappa shape index (κ3) is 4.15. The molecule has 3 aliphatic rings. The van der Waals surface area contributed by atoms with Crippen LogP contribution in [0.5, 0.6) is 0 Å². The molecule has 3 aliphatic heterocycles. The van der Waals surface area contributed by atoms with Crippen molar-refractivity contribution in [3.8, 4) is 0 Å². The number of fused-ring (bicyclic) bond motifs is 3. The maximum Gasteiger partial charge on any atom is 0.211 e. The summed E-state index contributed by atoms with van der Waals surface area (Å²) in [7, 11) is -3.03. The van der Waals surface area contributed by atoms with E-state index in [4.69, 9.17) is 0 Å². The average Bonchev–Trinajstić information content (AvgIpc) is 2.38. The van der Waals surface area contributed by atoms with E-state index in [1.54, 1.807) is 4.31 Å². The van der Waals surface area contributed by atoms with Crippen LogP contribution in [0.2, 0.25) is 0 Å². The van der Waals surface area contributed by atoms with Crippen LogP contribution < -0.4 is 5.32 Å². The molecule has 3 saturated heterocycles. The van der Waals surface area contributed by atoms with Crippen LogP contribution in [0.15, 0.2) is 0 Å². The van der Waals surface area contributed by atoms with Crippen LogP contribution in [0.4, 0.5) is 0 Å². The van der Waals surface area contributed by atoms with Gasteiger partial charge >= 0.3 is 0 Å². The van der Waals surface area contributed by atoms with Gasteiger partial charge in [-0.05, 0) is 44.8 Å². The molecule has 0 amide bonds. The number of piperidine rings is 3. The fourth-order valence-corrected chi connectivity index (χ4v) is 4.23. The van der Waals surface area contributed by atoms with Gasteiger partial charge in [-0.25, -0.2) is 12.7 Å². The van der Waals surface area contributed by atoms with Crippen molar-refractivity contribution in [3.05, 3.63) is 0 Å². The van der Waals surface area contributed by atoms with Gasteiger partial charge in [0.25, 0.3) is 0 Å². The summed E-state index contributed by atoms with van der Waals surface area (Å²) < 4.78 is 24.5. The Balaban J connectivity index is 1.67. The molecule has 0 radical (unpaired) electrons. The highest BCUT2D eigenvalue weighted by molar-refractivity contribution is 7.88. The highest BCUT2D eigenvalue weighted by Gasteiger charge is 2.33. The molecule has 0 aromatic carbocycles. The Kier molecular flexibility index (Phi) is 5.22. The number of rotatable bonds is 7. The first-order chi connectivity index (χ1) is 9.00. The number of nitrogens with zero attached hydrogens (tertiary/aromatic N) is 2. The van der Waals surface area contributed by atoms with E-state index in [2.05, 4.69) is 10.2 Å². The molecule has 0 aromatic rings. The predicted molar refractivity (Wildman–Crippen MR) is 77.7 cm³/mol. The van der Waals surface area contributed by atoms with E-state index in [9.17, 15) is 8.42 Å². The molecule has 19 heavy (non-hydrogen) atoms. The molecule has 1 N–H and O–H groups in total. The van der Waals surface area contributed by atoms with Crippen molar-refractivity contribution in [1.82, 2.24) is 14.5 Å². The number of hydrogen-bond acceptors (Lipinski definition) is 4. The lowest BCUT2D eigenvalue weighted by atomic mass is 9.84. The molecule has 2 bridgehead atoms. The SMILES string of the molecule is CCN(CCCNC1CN2CCC1CC2)S(C)(=O)=O. The Labute approximate surface area is 117 Å². The number of nitrogens with one attached hydrogen (secondary N) is 1. The zero-order valence-electron chi connectivity index (χ0n) is 12.1. The van der Waals surface area contributed by atoms with Gasteiger partial charge in [-0.2, -0.15) is 0 Å². The Bertz CT molecular complexity index is 377. The molecular formula is C13H27N3O2S. The lowest BCUT2D eigenvalue weighted by Crippen LogP contribution is -2.56. The van der Waals surface area contributed by atoms with E-state index in [1.165, 1.54) is 38.7 Å². The summed E-state index contributed by atoms with van der Waals surface area (Å²) in [5, 5.41) is 3.62. The lowest BCUT2D eigenvalue weighted by molar-refractivity contribution is 0.0726. The third-order valence-corrected chi connectivity index (χ3v) is 5.85. The fourth-order valence-electron chi connectivity index (χ4n) is 3.30. The average molecular weight is 289 g/mol. The molecule has 0 saturated carbocycles. The first-order valence-corrected chi connectivity index (χ1v) is 9.26. The van der Waals surface area contributed by atoms with Crippen molar-refractivity contribution in [2.75, 3.05) is 45.5 Å². The smallest absolute Gasteiger partial charge is 0.211 e. The van der Waals surface area contributed by atoms with Crippen molar-refractivity contribution in [1.29, 1.82) is 0 Å². The van der Waals surface area contributed by atoms with Crippen LogP contribution in [0.25, 0.3) is 0 Å². The monoisotopic (exact) mass is 289 g/mol. The number of sulfonamides is 1. The summed E-state index contributed by atoms with van der Waals surface area (Å²) in [5.41, 5.74) is 0. The van der Waals surface area contributed by atoms with Crippen molar-refractivity contribution >= 4 is 10.0 Å². The van der Waals surface area contributed by atoms with Crippen LogP contribution in [0.3, 0.4) is 0 Å². The molecule has 0 aliphatic carbocycles. The third-order valence-electron chi connectivity index (χ3n) is 4.47. The molecule has 0 aromatic heterocycles. The summed E-state index contributed by atoms with van der Waals surface area (Å²) in [4.78, 5) is 2.53. The molecule has 1 atom stereocenters. The normalized spacial score (nSPS) is 31.0. The maximum absolute atomic E-state index is 11.5. The van der Waals surface area contributed by atoms with E-state index in [1.807, 2.05) is 6.92 Å². The van der Waals surface area contributed by atoms with Crippen molar-refractivity contribution < 1.29 is 8.42 Å². The standard InChI is InChI=1S/C13H27N3O2S/c1-3-16(19(2,17)18)8-4-7-14-13-11-15-9-5-12(13)6-10-15/h12-14H,3-11H2,1-2H3. The van der Waals surface area contributed by atoms with Gasteiger partial charge in [-0.1, -0.05) is 6.92 Å². The Morgan fingerprint density at radius 3 is 2.47 bits per heavy atom. The first-order valence-electron chi connectivity index (χ1n) is 7.41. The first kappa shape index (κ1) is 15.2. The summed E-state index contributed by atoms with van der Waals surface area (Å²) >= 11 is 0. The highest BCUT2D eigenvalue weighted by atomic mass is 32.2. The van der Waals surface area contributed by atoms with Gasteiger partial charge in [-0.15, -0.1) is 0 Å². The van der Waals surface area contributed by atoms with Crippen LogP contribution in [0, 0.1) is 5.92 Å². The quantitative estimate of drug-likeness (QED) is 0.687. The van der Waals surface area contributed by atoms with E-state index < -0.39 is 10.0 Å². The van der Waals surface area contributed by atoms with E-state index in [-0.39, 0.29) is 0 Å². The van der Waals surface area contributed by atoms with Crippen LogP contribution in [-0.2, 0) is 10.0 Å². The summed E-state index contributed by atoms with van der Waals surface area (Å²) in [6.07, 6.45) is 4.83. The van der Waals surface area contributed by atoms with Crippen molar-refractivity contribution in [2.45, 2.75) is 32.2 Å². The van der Waals surface area contributed by atoms with Gasteiger partial charge in [0.2, 0.25) is 10.0 Å². The van der Waals surface area contributed by atoms with Gasteiger partial charge in [-0.3, -0.25) is 0 Å². The molecule has 0 spiro atoms. The van der Waals surface area contributed by atoms with Crippen molar-refractivity contribution in [2.24, 2.45) is 5.92 Å². The van der Waals surface area contributed by atoms with Crippen LogP contribution >= 0.6 is 0 Å². The van der Waals surface area contributed by atoms with Gasteiger partial charge in [0.05, 0.1) is 6.26 Å². The summed E-state index contributed by atoms with van der Waals surface area (Å²) in [6.45, 7) is 7.71. The molecular weight excluding hydrogens is 262 g/mol. The van der Waals surface area contributed by atoms with Gasteiger partial charge in [0.15, 0.2) is 0 Å². The Hall–Kier alpha value is -0.170. The molecule has 3 fully saturated rings. The van der Waals surface area contributed by atoms with Gasteiger partial charge in [0, 0.05) is 25.7 Å². The highest BCUT2D eigenvalue weighted by Crippen LogP contribution is 2.27. The Morgan fingerprint density at radius 1 is 1.32 bits per heavy atom.